The molecule has 2 aromatic rings. The van der Waals surface area contributed by atoms with Crippen molar-refractivity contribution in [3.63, 3.8) is 0 Å². The van der Waals surface area contributed by atoms with Crippen molar-refractivity contribution < 1.29 is 4.74 Å². The molecule has 5 heteroatoms. The molecule has 0 saturated heterocycles. The second-order valence-corrected chi connectivity index (χ2v) is 3.67. The molecule has 0 saturated carbocycles. The van der Waals surface area contributed by atoms with Gasteiger partial charge in [-0.15, -0.1) is 0 Å². The molecule has 2 rings (SSSR count). The summed E-state index contributed by atoms with van der Waals surface area (Å²) in [6.45, 7) is 0. The minimum atomic E-state index is 0.540. The molecular weight excluding hydrogens is 252 g/mol. The van der Waals surface area contributed by atoms with Crippen molar-refractivity contribution in [3.8, 4) is 10.9 Å². The third kappa shape index (κ3) is 2.26. The number of ether oxygens (including phenoxy) is 1. The zero-order valence-electron chi connectivity index (χ0n) is 6.48. The summed E-state index contributed by atoms with van der Waals surface area (Å²) >= 11 is 4.37. The fraction of sp³-hybridized carbons (Fsp3) is 0. The van der Waals surface area contributed by atoms with E-state index in [1.165, 1.54) is 11.5 Å². The molecule has 0 spiro atoms. The van der Waals surface area contributed by atoms with Gasteiger partial charge in [-0.1, -0.05) is 18.2 Å². The van der Waals surface area contributed by atoms with Gasteiger partial charge in [0.05, 0.1) is 0 Å². The number of hydrogen-bond donors (Lipinski definition) is 0. The Hall–Kier alpha value is -0.940. The van der Waals surface area contributed by atoms with Crippen molar-refractivity contribution in [2.75, 3.05) is 0 Å². The Bertz CT molecular complexity index is 390. The highest BCUT2D eigenvalue weighted by Gasteiger charge is 2.02. The van der Waals surface area contributed by atoms with Gasteiger partial charge in [-0.2, -0.15) is 9.36 Å². The summed E-state index contributed by atoms with van der Waals surface area (Å²) in [7, 11) is 0. The third-order valence-corrected chi connectivity index (χ3v) is 2.52. The molecule has 0 aliphatic rings. The van der Waals surface area contributed by atoms with Gasteiger partial charge in [0.2, 0.25) is 4.73 Å². The number of benzene rings is 1. The van der Waals surface area contributed by atoms with E-state index in [1.807, 2.05) is 30.3 Å². The van der Waals surface area contributed by atoms with Gasteiger partial charge >= 0.3 is 0 Å². The van der Waals surface area contributed by atoms with Crippen molar-refractivity contribution in [1.82, 2.24) is 9.36 Å². The van der Waals surface area contributed by atoms with Gasteiger partial charge in [-0.3, -0.25) is 0 Å². The summed E-state index contributed by atoms with van der Waals surface area (Å²) in [5.41, 5.74) is 0. The highest BCUT2D eigenvalue weighted by Crippen LogP contribution is 2.23. The van der Waals surface area contributed by atoms with Crippen molar-refractivity contribution in [2.45, 2.75) is 0 Å². The monoisotopic (exact) mass is 256 g/mol. The molecule has 0 aliphatic carbocycles. The average molecular weight is 257 g/mol. The molecule has 0 aliphatic heterocycles. The second-order valence-electron chi connectivity index (χ2n) is 2.24. The van der Waals surface area contributed by atoms with E-state index < -0.39 is 0 Å². The standard InChI is InChI=1S/C8H5BrN2OS/c9-7-10-8(13-11-7)12-6-4-2-1-3-5-6/h1-5H. The maximum Gasteiger partial charge on any atom is 0.299 e. The predicted molar refractivity (Wildman–Crippen MR) is 54.1 cm³/mol. The van der Waals surface area contributed by atoms with Gasteiger partial charge < -0.3 is 4.74 Å². The van der Waals surface area contributed by atoms with Crippen molar-refractivity contribution in [2.24, 2.45) is 0 Å². The lowest BCUT2D eigenvalue weighted by Crippen LogP contribution is -1.81. The summed E-state index contributed by atoms with van der Waals surface area (Å²) in [6, 6.07) is 9.49. The van der Waals surface area contributed by atoms with Gasteiger partial charge in [0.25, 0.3) is 5.19 Å². The Kier molecular flexibility index (Phi) is 2.56. The number of nitrogens with zero attached hydrogens (tertiary/aromatic N) is 2. The van der Waals surface area contributed by atoms with E-state index in [9.17, 15) is 0 Å². The first-order valence-electron chi connectivity index (χ1n) is 3.57. The topological polar surface area (TPSA) is 35.0 Å². The number of para-hydroxylation sites is 1. The van der Waals surface area contributed by atoms with Gasteiger partial charge in [0.15, 0.2) is 0 Å². The molecule has 0 N–H and O–H groups in total. The number of hydrogen-bond acceptors (Lipinski definition) is 4. The van der Waals surface area contributed by atoms with E-state index in [2.05, 4.69) is 25.3 Å². The predicted octanol–water partition coefficient (Wildman–Crippen LogP) is 3.09. The normalized spacial score (nSPS) is 9.92. The summed E-state index contributed by atoms with van der Waals surface area (Å²) in [5.74, 6) is 0.770. The molecule has 66 valence electrons. The fourth-order valence-corrected chi connectivity index (χ4v) is 1.77. The summed E-state index contributed by atoms with van der Waals surface area (Å²) in [6.07, 6.45) is 0. The Morgan fingerprint density at radius 2 is 2.00 bits per heavy atom. The first-order valence-corrected chi connectivity index (χ1v) is 5.13. The number of rotatable bonds is 2. The SMILES string of the molecule is Brc1nsc(Oc2ccccc2)n1. The molecular formula is C8H5BrN2OS. The van der Waals surface area contributed by atoms with Crippen LogP contribution in [0, 0.1) is 0 Å². The molecule has 1 heterocycles. The van der Waals surface area contributed by atoms with Gasteiger partial charge in [-0.05, 0) is 28.1 Å². The Labute approximate surface area is 87.7 Å². The minimum absolute atomic E-state index is 0.540. The molecule has 0 radical (unpaired) electrons. The summed E-state index contributed by atoms with van der Waals surface area (Å²) in [5, 5.41) is 0.540. The van der Waals surface area contributed by atoms with Crippen LogP contribution in [0.2, 0.25) is 0 Å². The lowest BCUT2D eigenvalue weighted by Gasteiger charge is -1.98. The van der Waals surface area contributed by atoms with Crippen LogP contribution < -0.4 is 4.74 Å². The van der Waals surface area contributed by atoms with Gasteiger partial charge in [0, 0.05) is 11.5 Å². The maximum absolute atomic E-state index is 5.41. The van der Waals surface area contributed by atoms with Crippen LogP contribution in [0.3, 0.4) is 0 Å². The van der Waals surface area contributed by atoms with E-state index in [1.54, 1.807) is 0 Å². The lowest BCUT2D eigenvalue weighted by molar-refractivity contribution is 0.478. The molecule has 0 fully saturated rings. The average Bonchev–Trinajstić information content (AvgIpc) is 2.53. The first kappa shape index (κ1) is 8.65. The fourth-order valence-electron chi connectivity index (χ4n) is 0.824. The van der Waals surface area contributed by atoms with Crippen LogP contribution in [0.25, 0.3) is 0 Å². The highest BCUT2D eigenvalue weighted by atomic mass is 79.9. The van der Waals surface area contributed by atoms with Crippen LogP contribution in [0.5, 0.6) is 10.9 Å². The summed E-state index contributed by atoms with van der Waals surface area (Å²) in [4.78, 5) is 4.01. The van der Waals surface area contributed by atoms with Crippen LogP contribution >= 0.6 is 27.5 Å². The van der Waals surface area contributed by atoms with E-state index in [4.69, 9.17) is 4.74 Å². The van der Waals surface area contributed by atoms with E-state index in [0.717, 1.165) is 5.75 Å². The summed E-state index contributed by atoms with van der Waals surface area (Å²) < 4.78 is 9.91. The first-order chi connectivity index (χ1) is 6.34. The Balaban J connectivity index is 2.15. The van der Waals surface area contributed by atoms with E-state index >= 15 is 0 Å². The number of halogens is 1. The zero-order valence-corrected chi connectivity index (χ0v) is 8.88. The van der Waals surface area contributed by atoms with Crippen LogP contribution in [-0.4, -0.2) is 9.36 Å². The zero-order chi connectivity index (χ0) is 9.10. The Morgan fingerprint density at radius 1 is 1.23 bits per heavy atom. The van der Waals surface area contributed by atoms with Crippen molar-refractivity contribution >= 4 is 27.5 Å². The highest BCUT2D eigenvalue weighted by molar-refractivity contribution is 9.10. The molecule has 13 heavy (non-hydrogen) atoms. The third-order valence-electron chi connectivity index (χ3n) is 1.33. The van der Waals surface area contributed by atoms with Gasteiger partial charge in [0.1, 0.15) is 5.75 Å². The second kappa shape index (κ2) is 3.85. The molecule has 3 nitrogen and oxygen atoms in total. The van der Waals surface area contributed by atoms with E-state index in [-0.39, 0.29) is 0 Å². The largest absolute Gasteiger partial charge is 0.430 e. The van der Waals surface area contributed by atoms with E-state index in [0.29, 0.717) is 9.93 Å². The van der Waals surface area contributed by atoms with Crippen LogP contribution in [-0.2, 0) is 0 Å². The quantitative estimate of drug-likeness (QED) is 0.829. The molecule has 1 aromatic heterocycles. The van der Waals surface area contributed by atoms with Gasteiger partial charge in [-0.25, -0.2) is 0 Å². The molecule has 0 bridgehead atoms. The van der Waals surface area contributed by atoms with Crippen LogP contribution in [0.4, 0.5) is 0 Å². The lowest BCUT2D eigenvalue weighted by atomic mass is 10.3. The molecule has 0 amide bonds. The molecule has 0 atom stereocenters. The molecule has 0 unspecified atom stereocenters. The van der Waals surface area contributed by atoms with Crippen LogP contribution in [0.15, 0.2) is 35.1 Å². The Morgan fingerprint density at radius 3 is 2.62 bits per heavy atom. The number of aromatic nitrogens is 2. The maximum atomic E-state index is 5.41. The smallest absolute Gasteiger partial charge is 0.299 e. The van der Waals surface area contributed by atoms with Crippen molar-refractivity contribution in [1.29, 1.82) is 0 Å². The van der Waals surface area contributed by atoms with Crippen LogP contribution in [0.1, 0.15) is 0 Å². The van der Waals surface area contributed by atoms with Crippen molar-refractivity contribution in [3.05, 3.63) is 35.1 Å². The minimum Gasteiger partial charge on any atom is -0.430 e. The molecule has 1 aromatic carbocycles.